The van der Waals surface area contributed by atoms with E-state index >= 15 is 0 Å². The molecule has 0 atom stereocenters. The van der Waals surface area contributed by atoms with Gasteiger partial charge in [0.2, 0.25) is 0 Å². The summed E-state index contributed by atoms with van der Waals surface area (Å²) in [7, 11) is 0. The summed E-state index contributed by atoms with van der Waals surface area (Å²) in [6.45, 7) is 2.00. The number of phenols is 1. The summed E-state index contributed by atoms with van der Waals surface area (Å²) in [5.74, 6) is 0.0251. The Morgan fingerprint density at radius 1 is 1.14 bits per heavy atom. The van der Waals surface area contributed by atoms with Crippen molar-refractivity contribution in [2.24, 2.45) is 4.99 Å². The molecule has 4 heteroatoms. The molecule has 0 unspecified atom stereocenters. The van der Waals surface area contributed by atoms with Crippen molar-refractivity contribution >= 4 is 29.1 Å². The molecule has 0 saturated heterocycles. The minimum atomic E-state index is 0.0251. The number of phenolic OH excluding ortho intramolecular Hbond substituents is 1. The number of aryl methyl sites for hydroxylation is 1. The maximum atomic E-state index is 11.2. The Kier molecular flexibility index (Phi) is 3.66. The number of carbonyl (C=O) groups is 1. The number of fused-ring (bicyclic) bond motifs is 1. The van der Waals surface area contributed by atoms with Crippen LogP contribution in [0.2, 0.25) is 0 Å². The van der Waals surface area contributed by atoms with Crippen molar-refractivity contribution in [3.05, 3.63) is 65.4 Å². The van der Waals surface area contributed by atoms with E-state index in [4.69, 9.17) is 0 Å². The van der Waals surface area contributed by atoms with Gasteiger partial charge in [-0.25, -0.2) is 0 Å². The minimum Gasteiger partial charge on any atom is -0.505 e. The molecule has 2 aromatic carbocycles. The average Bonchev–Trinajstić information content (AvgIpc) is 2.56. The van der Waals surface area contributed by atoms with Gasteiger partial charge in [-0.05, 0) is 31.2 Å². The van der Waals surface area contributed by atoms with Gasteiger partial charge in [-0.3, -0.25) is 14.8 Å². The van der Waals surface area contributed by atoms with Gasteiger partial charge in [0.15, 0.2) is 12.0 Å². The highest BCUT2D eigenvalue weighted by atomic mass is 16.3. The predicted molar refractivity (Wildman–Crippen MR) is 87.2 cm³/mol. The van der Waals surface area contributed by atoms with E-state index in [2.05, 4.69) is 9.98 Å². The monoisotopic (exact) mass is 290 g/mol. The lowest BCUT2D eigenvalue weighted by Crippen LogP contribution is -1.92. The van der Waals surface area contributed by atoms with Crippen molar-refractivity contribution in [3.8, 4) is 5.75 Å². The lowest BCUT2D eigenvalue weighted by atomic mass is 10.0. The van der Waals surface area contributed by atoms with E-state index in [0.717, 1.165) is 17.5 Å². The van der Waals surface area contributed by atoms with Gasteiger partial charge in [0.25, 0.3) is 0 Å². The first-order valence-corrected chi connectivity index (χ1v) is 6.85. The number of aromatic nitrogens is 1. The van der Waals surface area contributed by atoms with E-state index in [1.807, 2.05) is 31.2 Å². The Morgan fingerprint density at radius 3 is 2.64 bits per heavy atom. The summed E-state index contributed by atoms with van der Waals surface area (Å²) in [5, 5.41) is 10.9. The van der Waals surface area contributed by atoms with Crippen LogP contribution >= 0.6 is 0 Å². The first kappa shape index (κ1) is 13.9. The zero-order valence-corrected chi connectivity index (χ0v) is 12.0. The number of rotatable bonds is 3. The topological polar surface area (TPSA) is 62.5 Å². The van der Waals surface area contributed by atoms with Crippen molar-refractivity contribution in [2.45, 2.75) is 6.92 Å². The number of benzene rings is 2. The minimum absolute atomic E-state index is 0.0251. The van der Waals surface area contributed by atoms with Crippen LogP contribution in [-0.4, -0.2) is 22.6 Å². The van der Waals surface area contributed by atoms with Gasteiger partial charge in [0.1, 0.15) is 5.52 Å². The third-order valence-corrected chi connectivity index (χ3v) is 3.44. The molecule has 1 aromatic heterocycles. The zero-order valence-electron chi connectivity index (χ0n) is 12.0. The van der Waals surface area contributed by atoms with Crippen LogP contribution in [0.15, 0.2) is 53.7 Å². The second-order valence-electron chi connectivity index (χ2n) is 5.01. The Morgan fingerprint density at radius 2 is 1.91 bits per heavy atom. The molecule has 3 aromatic rings. The van der Waals surface area contributed by atoms with E-state index in [0.29, 0.717) is 22.0 Å². The van der Waals surface area contributed by atoms with Gasteiger partial charge in [-0.2, -0.15) is 0 Å². The van der Waals surface area contributed by atoms with E-state index < -0.39 is 0 Å². The van der Waals surface area contributed by atoms with Gasteiger partial charge in [0.05, 0.1) is 5.69 Å². The van der Waals surface area contributed by atoms with E-state index in [-0.39, 0.29) is 5.75 Å². The molecule has 108 valence electrons. The molecule has 4 nitrogen and oxygen atoms in total. The summed E-state index contributed by atoms with van der Waals surface area (Å²) in [6, 6.07) is 12.8. The second kappa shape index (κ2) is 5.77. The first-order chi connectivity index (χ1) is 10.7. The molecule has 1 N–H and O–H groups in total. The third kappa shape index (κ3) is 2.59. The number of aromatic hydroxyl groups is 1. The van der Waals surface area contributed by atoms with E-state index in [1.54, 1.807) is 30.6 Å². The Labute approximate surface area is 127 Å². The first-order valence-electron chi connectivity index (χ1n) is 6.85. The van der Waals surface area contributed by atoms with Gasteiger partial charge in [-0.1, -0.05) is 23.8 Å². The molecule has 0 spiro atoms. The zero-order chi connectivity index (χ0) is 15.5. The van der Waals surface area contributed by atoms with Crippen molar-refractivity contribution in [3.63, 3.8) is 0 Å². The summed E-state index contributed by atoms with van der Waals surface area (Å²) >= 11 is 0. The van der Waals surface area contributed by atoms with Crippen LogP contribution in [0.4, 0.5) is 5.69 Å². The highest BCUT2D eigenvalue weighted by molar-refractivity contribution is 6.04. The molecular weight excluding hydrogens is 276 g/mol. The van der Waals surface area contributed by atoms with Crippen LogP contribution < -0.4 is 0 Å². The Hall–Kier alpha value is -3.01. The standard InChI is InChI=1S/C18H14N2O2/c1-12-4-6-15(7-5-12)20-10-13-9-14(11-21)16-3-2-8-19-17(16)18(13)22/h2-11,22H,1H3. The number of hydrogen-bond donors (Lipinski definition) is 1. The molecule has 3 rings (SSSR count). The van der Waals surface area contributed by atoms with Crippen molar-refractivity contribution in [2.75, 3.05) is 0 Å². The number of hydrogen-bond acceptors (Lipinski definition) is 4. The molecule has 0 fully saturated rings. The highest BCUT2D eigenvalue weighted by Gasteiger charge is 2.10. The van der Waals surface area contributed by atoms with Crippen molar-refractivity contribution in [1.82, 2.24) is 4.98 Å². The molecule has 1 heterocycles. The number of aliphatic imine (C=N–C) groups is 1. The smallest absolute Gasteiger partial charge is 0.150 e. The maximum absolute atomic E-state index is 11.2. The largest absolute Gasteiger partial charge is 0.505 e. The van der Waals surface area contributed by atoms with Crippen LogP contribution in [0.1, 0.15) is 21.5 Å². The van der Waals surface area contributed by atoms with Crippen LogP contribution in [0.25, 0.3) is 10.9 Å². The lowest BCUT2D eigenvalue weighted by molar-refractivity contribution is 0.112. The van der Waals surface area contributed by atoms with Gasteiger partial charge in [-0.15, -0.1) is 0 Å². The van der Waals surface area contributed by atoms with E-state index in [1.165, 1.54) is 0 Å². The lowest BCUT2D eigenvalue weighted by Gasteiger charge is -2.06. The summed E-state index contributed by atoms with van der Waals surface area (Å²) < 4.78 is 0. The predicted octanol–water partition coefficient (Wildman–Crippen LogP) is 3.81. The highest BCUT2D eigenvalue weighted by Crippen LogP contribution is 2.28. The van der Waals surface area contributed by atoms with Gasteiger partial charge < -0.3 is 5.11 Å². The second-order valence-corrected chi connectivity index (χ2v) is 5.01. The fourth-order valence-corrected chi connectivity index (χ4v) is 2.25. The van der Waals surface area contributed by atoms with Crippen LogP contribution in [0.5, 0.6) is 5.75 Å². The molecule has 0 bridgehead atoms. The molecule has 0 radical (unpaired) electrons. The number of aldehydes is 1. The molecule has 22 heavy (non-hydrogen) atoms. The van der Waals surface area contributed by atoms with Gasteiger partial charge in [0, 0.05) is 28.9 Å². The number of carbonyl (C=O) groups excluding carboxylic acids is 1. The number of nitrogens with zero attached hydrogens (tertiary/aromatic N) is 2. The normalized spacial score (nSPS) is 11.1. The molecule has 0 amide bonds. The Bertz CT molecular complexity index is 868. The molecule has 0 saturated carbocycles. The van der Waals surface area contributed by atoms with Crippen LogP contribution in [0, 0.1) is 6.92 Å². The SMILES string of the molecule is Cc1ccc(N=Cc2cc(C=O)c3cccnc3c2O)cc1. The quantitative estimate of drug-likeness (QED) is 0.589. The van der Waals surface area contributed by atoms with Gasteiger partial charge >= 0.3 is 0 Å². The molecule has 0 aliphatic heterocycles. The fourth-order valence-electron chi connectivity index (χ4n) is 2.25. The van der Waals surface area contributed by atoms with E-state index in [9.17, 15) is 9.90 Å². The molecule has 0 aliphatic rings. The van der Waals surface area contributed by atoms with Crippen molar-refractivity contribution < 1.29 is 9.90 Å². The Balaban J connectivity index is 2.09. The maximum Gasteiger partial charge on any atom is 0.150 e. The number of pyridine rings is 1. The average molecular weight is 290 g/mol. The van der Waals surface area contributed by atoms with Crippen LogP contribution in [-0.2, 0) is 0 Å². The van der Waals surface area contributed by atoms with Crippen molar-refractivity contribution in [1.29, 1.82) is 0 Å². The van der Waals surface area contributed by atoms with Crippen LogP contribution in [0.3, 0.4) is 0 Å². The third-order valence-electron chi connectivity index (χ3n) is 3.44. The summed E-state index contributed by atoms with van der Waals surface area (Å²) in [5.41, 5.74) is 3.27. The molecule has 0 aliphatic carbocycles. The summed E-state index contributed by atoms with van der Waals surface area (Å²) in [4.78, 5) is 19.7. The molecular formula is C18H14N2O2. The summed E-state index contributed by atoms with van der Waals surface area (Å²) in [6.07, 6.45) is 3.88. The fraction of sp³-hybridized carbons (Fsp3) is 0.0556.